The van der Waals surface area contributed by atoms with Gasteiger partial charge in [-0.3, -0.25) is 10.1 Å². The molecule has 2 aromatic heterocycles. The molecule has 3 rings (SSSR count). The fourth-order valence-electron chi connectivity index (χ4n) is 2.16. The molecule has 8 nitrogen and oxygen atoms in total. The Hall–Kier alpha value is -2.81. The van der Waals surface area contributed by atoms with E-state index in [2.05, 4.69) is 20.5 Å². The Balaban J connectivity index is 2.01. The van der Waals surface area contributed by atoms with Crippen LogP contribution in [0.15, 0.2) is 46.7 Å². The zero-order valence-electron chi connectivity index (χ0n) is 12.4. The summed E-state index contributed by atoms with van der Waals surface area (Å²) in [6.45, 7) is 3.97. The van der Waals surface area contributed by atoms with Gasteiger partial charge < -0.3 is 0 Å². The van der Waals surface area contributed by atoms with Crippen molar-refractivity contribution >= 4 is 17.4 Å². The zero-order valence-corrected chi connectivity index (χ0v) is 13.2. The lowest BCUT2D eigenvalue weighted by Crippen LogP contribution is -2.01. The van der Waals surface area contributed by atoms with Crippen LogP contribution in [0, 0.1) is 24.0 Å². The molecule has 116 valence electrons. The predicted molar refractivity (Wildman–Crippen MR) is 83.6 cm³/mol. The third-order valence-electron chi connectivity index (χ3n) is 3.03. The van der Waals surface area contributed by atoms with Crippen LogP contribution < -0.4 is 0 Å². The van der Waals surface area contributed by atoms with E-state index in [4.69, 9.17) is 0 Å². The van der Waals surface area contributed by atoms with Gasteiger partial charge in [0.1, 0.15) is 0 Å². The molecule has 0 aliphatic rings. The van der Waals surface area contributed by atoms with E-state index in [0.29, 0.717) is 5.16 Å². The lowest BCUT2D eigenvalue weighted by atomic mass is 10.1. The van der Waals surface area contributed by atoms with Gasteiger partial charge in [-0.2, -0.15) is 4.68 Å². The molecule has 0 N–H and O–H groups in total. The molecule has 9 heteroatoms. The highest BCUT2D eigenvalue weighted by molar-refractivity contribution is 7.99. The van der Waals surface area contributed by atoms with Crippen molar-refractivity contribution < 1.29 is 4.92 Å². The quantitative estimate of drug-likeness (QED) is 0.536. The standard InChI is InChI=1S/C14H12N6O2S/c1-9-6-10(2)8-11(7-9)19-14(16-17-18-19)23-13-12(20(21)22)4-3-5-15-13/h3-8H,1-2H3. The van der Waals surface area contributed by atoms with Gasteiger partial charge in [0.25, 0.3) is 0 Å². The number of pyridine rings is 1. The highest BCUT2D eigenvalue weighted by Crippen LogP contribution is 2.32. The molecule has 23 heavy (non-hydrogen) atoms. The molecule has 0 saturated heterocycles. The molecule has 0 spiro atoms. The van der Waals surface area contributed by atoms with E-state index in [1.807, 2.05) is 32.0 Å². The summed E-state index contributed by atoms with van der Waals surface area (Å²) in [7, 11) is 0. The Morgan fingerprint density at radius 2 is 1.96 bits per heavy atom. The van der Waals surface area contributed by atoms with E-state index in [1.54, 1.807) is 4.68 Å². The highest BCUT2D eigenvalue weighted by atomic mass is 32.2. The topological polar surface area (TPSA) is 99.6 Å². The maximum absolute atomic E-state index is 11.1. The van der Waals surface area contributed by atoms with Crippen molar-refractivity contribution in [2.75, 3.05) is 0 Å². The molecule has 0 fully saturated rings. The predicted octanol–water partition coefficient (Wildman–Crippen LogP) is 2.73. The lowest BCUT2D eigenvalue weighted by molar-refractivity contribution is -0.388. The van der Waals surface area contributed by atoms with Crippen LogP contribution in [0.4, 0.5) is 5.69 Å². The second kappa shape index (κ2) is 6.13. The van der Waals surface area contributed by atoms with Crippen molar-refractivity contribution in [1.82, 2.24) is 25.2 Å². The van der Waals surface area contributed by atoms with Crippen LogP contribution in [-0.2, 0) is 0 Å². The minimum atomic E-state index is -0.472. The molecular formula is C14H12N6O2S. The zero-order chi connectivity index (χ0) is 16.4. The molecule has 0 atom stereocenters. The fraction of sp³-hybridized carbons (Fsp3) is 0.143. The Morgan fingerprint density at radius 3 is 2.65 bits per heavy atom. The fourth-order valence-corrected chi connectivity index (χ4v) is 3.00. The molecule has 0 bridgehead atoms. The molecule has 0 saturated carbocycles. The monoisotopic (exact) mass is 328 g/mol. The van der Waals surface area contributed by atoms with Crippen molar-refractivity contribution in [3.8, 4) is 5.69 Å². The van der Waals surface area contributed by atoms with Crippen LogP contribution in [0.1, 0.15) is 11.1 Å². The Labute approximate surface area is 135 Å². The number of aryl methyl sites for hydroxylation is 2. The van der Waals surface area contributed by atoms with Crippen molar-refractivity contribution in [2.45, 2.75) is 24.0 Å². The average Bonchev–Trinajstić information content (AvgIpc) is 2.95. The molecule has 0 aliphatic heterocycles. The van der Waals surface area contributed by atoms with E-state index in [1.165, 1.54) is 18.3 Å². The van der Waals surface area contributed by atoms with Gasteiger partial charge in [0.2, 0.25) is 5.16 Å². The highest BCUT2D eigenvalue weighted by Gasteiger charge is 2.19. The minimum Gasteiger partial charge on any atom is -0.258 e. The first-order valence-electron chi connectivity index (χ1n) is 6.69. The average molecular weight is 328 g/mol. The third-order valence-corrected chi connectivity index (χ3v) is 3.97. The van der Waals surface area contributed by atoms with Gasteiger partial charge in [-0.05, 0) is 65.4 Å². The molecule has 0 radical (unpaired) electrons. The SMILES string of the molecule is Cc1cc(C)cc(-n2nnnc2Sc2ncccc2[N+](=O)[O-])c1. The molecular weight excluding hydrogens is 316 g/mol. The first-order valence-corrected chi connectivity index (χ1v) is 7.50. The maximum Gasteiger partial charge on any atom is 0.301 e. The summed E-state index contributed by atoms with van der Waals surface area (Å²) in [6, 6.07) is 8.86. The normalized spacial score (nSPS) is 10.7. The second-order valence-electron chi connectivity index (χ2n) is 4.91. The summed E-state index contributed by atoms with van der Waals surface area (Å²) in [5.74, 6) is 0. The second-order valence-corrected chi connectivity index (χ2v) is 5.86. The number of benzene rings is 1. The summed E-state index contributed by atoms with van der Waals surface area (Å²) in [6.07, 6.45) is 1.50. The van der Waals surface area contributed by atoms with Crippen molar-refractivity contribution in [3.63, 3.8) is 0 Å². The Kier molecular flexibility index (Phi) is 4.02. The van der Waals surface area contributed by atoms with Crippen molar-refractivity contribution in [1.29, 1.82) is 0 Å². The van der Waals surface area contributed by atoms with Gasteiger partial charge in [-0.25, -0.2) is 4.98 Å². The Bertz CT molecular complexity index is 859. The molecule has 0 unspecified atom stereocenters. The smallest absolute Gasteiger partial charge is 0.258 e. The van der Waals surface area contributed by atoms with Crippen LogP contribution in [0.2, 0.25) is 0 Å². The third kappa shape index (κ3) is 3.19. The molecule has 2 heterocycles. The summed E-state index contributed by atoms with van der Waals surface area (Å²) in [5.41, 5.74) is 2.88. The number of nitro groups is 1. The van der Waals surface area contributed by atoms with E-state index in [-0.39, 0.29) is 10.7 Å². The van der Waals surface area contributed by atoms with Crippen LogP contribution in [-0.4, -0.2) is 30.1 Å². The number of hydrogen-bond acceptors (Lipinski definition) is 7. The molecule has 1 aromatic carbocycles. The van der Waals surface area contributed by atoms with Gasteiger partial charge in [0, 0.05) is 12.3 Å². The summed E-state index contributed by atoms with van der Waals surface area (Å²) >= 11 is 1.06. The summed E-state index contributed by atoms with van der Waals surface area (Å²) in [5, 5.41) is 23.3. The van der Waals surface area contributed by atoms with Gasteiger partial charge in [0.05, 0.1) is 10.6 Å². The van der Waals surface area contributed by atoms with Crippen molar-refractivity contribution in [3.05, 3.63) is 57.8 Å². The Morgan fingerprint density at radius 1 is 1.22 bits per heavy atom. The number of rotatable bonds is 4. The van der Waals surface area contributed by atoms with Crippen LogP contribution in [0.25, 0.3) is 5.69 Å². The number of nitrogens with zero attached hydrogens (tertiary/aromatic N) is 6. The van der Waals surface area contributed by atoms with Crippen LogP contribution in [0.3, 0.4) is 0 Å². The first-order chi connectivity index (χ1) is 11.0. The van der Waals surface area contributed by atoms with Crippen LogP contribution in [0.5, 0.6) is 0 Å². The van der Waals surface area contributed by atoms with E-state index in [9.17, 15) is 10.1 Å². The largest absolute Gasteiger partial charge is 0.301 e. The van der Waals surface area contributed by atoms with Gasteiger partial charge >= 0.3 is 5.69 Å². The number of aromatic nitrogens is 5. The minimum absolute atomic E-state index is 0.0764. The molecule has 0 aliphatic carbocycles. The van der Waals surface area contributed by atoms with Gasteiger partial charge in [-0.15, -0.1) is 5.10 Å². The number of tetrazole rings is 1. The lowest BCUT2D eigenvalue weighted by Gasteiger charge is -2.06. The summed E-state index contributed by atoms with van der Waals surface area (Å²) < 4.78 is 1.54. The molecule has 0 amide bonds. The number of hydrogen-bond donors (Lipinski definition) is 0. The van der Waals surface area contributed by atoms with Gasteiger partial charge in [-0.1, -0.05) is 6.07 Å². The van der Waals surface area contributed by atoms with E-state index < -0.39 is 4.92 Å². The molecule has 3 aromatic rings. The van der Waals surface area contributed by atoms with Crippen molar-refractivity contribution in [2.24, 2.45) is 0 Å². The first kappa shape index (κ1) is 15.1. The van der Waals surface area contributed by atoms with Crippen LogP contribution >= 0.6 is 11.8 Å². The maximum atomic E-state index is 11.1. The van der Waals surface area contributed by atoms with E-state index >= 15 is 0 Å². The summed E-state index contributed by atoms with van der Waals surface area (Å²) in [4.78, 5) is 14.7. The van der Waals surface area contributed by atoms with Gasteiger partial charge in [0.15, 0.2) is 5.03 Å². The van der Waals surface area contributed by atoms with E-state index in [0.717, 1.165) is 28.6 Å².